The molecule has 0 aliphatic carbocycles. The molecule has 0 saturated carbocycles. The van der Waals surface area contributed by atoms with Crippen molar-refractivity contribution in [3.63, 3.8) is 0 Å². The van der Waals surface area contributed by atoms with Crippen LogP contribution in [0, 0.1) is 0 Å². The lowest BCUT2D eigenvalue weighted by Crippen LogP contribution is -2.25. The van der Waals surface area contributed by atoms with Crippen LogP contribution in [0.1, 0.15) is 32.7 Å². The SMILES string of the molecule is CC(C)n1cc(OC2CCOCC2)cn1. The zero-order chi connectivity index (χ0) is 10.7. The predicted octanol–water partition coefficient (Wildman–Crippen LogP) is 2.02. The first kappa shape index (κ1) is 10.5. The molecule has 0 unspecified atom stereocenters. The minimum Gasteiger partial charge on any atom is -0.487 e. The van der Waals surface area contributed by atoms with E-state index in [9.17, 15) is 0 Å². The molecule has 0 aromatic carbocycles. The molecule has 1 aromatic rings. The molecule has 1 aliphatic rings. The Morgan fingerprint density at radius 1 is 1.47 bits per heavy atom. The summed E-state index contributed by atoms with van der Waals surface area (Å²) in [5.41, 5.74) is 0. The Bertz CT molecular complexity index is 303. The van der Waals surface area contributed by atoms with Gasteiger partial charge in [-0.05, 0) is 13.8 Å². The van der Waals surface area contributed by atoms with E-state index in [2.05, 4.69) is 18.9 Å². The molecule has 0 amide bonds. The van der Waals surface area contributed by atoms with Gasteiger partial charge in [0.1, 0.15) is 6.10 Å². The van der Waals surface area contributed by atoms with Crippen molar-refractivity contribution in [1.29, 1.82) is 0 Å². The maximum atomic E-state index is 5.82. The highest BCUT2D eigenvalue weighted by atomic mass is 16.5. The van der Waals surface area contributed by atoms with Crippen LogP contribution in [0.25, 0.3) is 0 Å². The smallest absolute Gasteiger partial charge is 0.157 e. The summed E-state index contributed by atoms with van der Waals surface area (Å²) < 4.78 is 13.0. The second-order valence-electron chi connectivity index (χ2n) is 4.18. The van der Waals surface area contributed by atoms with Crippen LogP contribution in [-0.4, -0.2) is 29.1 Å². The van der Waals surface area contributed by atoms with Gasteiger partial charge in [-0.15, -0.1) is 0 Å². The zero-order valence-electron chi connectivity index (χ0n) is 9.35. The lowest BCUT2D eigenvalue weighted by Gasteiger charge is -2.22. The second-order valence-corrected chi connectivity index (χ2v) is 4.18. The van der Waals surface area contributed by atoms with Crippen molar-refractivity contribution in [2.75, 3.05) is 13.2 Å². The predicted molar refractivity (Wildman–Crippen MR) is 57.1 cm³/mol. The van der Waals surface area contributed by atoms with Gasteiger partial charge in [-0.2, -0.15) is 5.10 Å². The fourth-order valence-electron chi connectivity index (χ4n) is 1.65. The Kier molecular flexibility index (Phi) is 3.26. The molecule has 4 nitrogen and oxygen atoms in total. The number of nitrogens with zero attached hydrogens (tertiary/aromatic N) is 2. The van der Waals surface area contributed by atoms with Crippen molar-refractivity contribution in [3.8, 4) is 5.75 Å². The van der Waals surface area contributed by atoms with Crippen molar-refractivity contribution in [3.05, 3.63) is 12.4 Å². The Labute approximate surface area is 90.2 Å². The molecule has 1 fully saturated rings. The van der Waals surface area contributed by atoms with Gasteiger partial charge in [-0.25, -0.2) is 0 Å². The number of hydrogen-bond acceptors (Lipinski definition) is 3. The topological polar surface area (TPSA) is 36.3 Å². The van der Waals surface area contributed by atoms with Crippen LogP contribution in [0.15, 0.2) is 12.4 Å². The summed E-state index contributed by atoms with van der Waals surface area (Å²) in [7, 11) is 0. The zero-order valence-corrected chi connectivity index (χ0v) is 9.35. The molecule has 0 bridgehead atoms. The second kappa shape index (κ2) is 4.66. The minimum atomic E-state index is 0.295. The molecule has 2 rings (SSSR count). The minimum absolute atomic E-state index is 0.295. The highest BCUT2D eigenvalue weighted by molar-refractivity contribution is 5.12. The van der Waals surface area contributed by atoms with Crippen LogP contribution in [0.5, 0.6) is 5.75 Å². The average molecular weight is 210 g/mol. The fourth-order valence-corrected chi connectivity index (χ4v) is 1.65. The van der Waals surface area contributed by atoms with Crippen molar-refractivity contribution in [2.45, 2.75) is 38.8 Å². The Morgan fingerprint density at radius 2 is 2.20 bits per heavy atom. The third kappa shape index (κ3) is 2.72. The standard InChI is InChI=1S/C11H18N2O2/c1-9(2)13-8-11(7-12-13)15-10-3-5-14-6-4-10/h7-10H,3-6H2,1-2H3. The molecule has 4 heteroatoms. The van der Waals surface area contributed by atoms with Gasteiger partial charge in [-0.3, -0.25) is 4.68 Å². The van der Waals surface area contributed by atoms with Gasteiger partial charge >= 0.3 is 0 Å². The molecular weight excluding hydrogens is 192 g/mol. The molecule has 0 radical (unpaired) electrons. The Hall–Kier alpha value is -1.03. The van der Waals surface area contributed by atoms with Gasteiger partial charge in [0.25, 0.3) is 0 Å². The van der Waals surface area contributed by atoms with Gasteiger partial charge in [0.2, 0.25) is 0 Å². The van der Waals surface area contributed by atoms with Crippen molar-refractivity contribution >= 4 is 0 Å². The van der Waals surface area contributed by atoms with E-state index < -0.39 is 0 Å². The Morgan fingerprint density at radius 3 is 2.80 bits per heavy atom. The lowest BCUT2D eigenvalue weighted by molar-refractivity contribution is 0.0255. The molecule has 0 N–H and O–H groups in total. The van der Waals surface area contributed by atoms with Gasteiger partial charge in [-0.1, -0.05) is 0 Å². The summed E-state index contributed by atoms with van der Waals surface area (Å²) in [6.07, 6.45) is 6.00. The molecule has 1 saturated heterocycles. The van der Waals surface area contributed by atoms with Crippen molar-refractivity contribution in [2.24, 2.45) is 0 Å². The van der Waals surface area contributed by atoms with E-state index >= 15 is 0 Å². The molecule has 1 aliphatic heterocycles. The molecule has 15 heavy (non-hydrogen) atoms. The lowest BCUT2D eigenvalue weighted by atomic mass is 10.1. The normalized spacial score (nSPS) is 18.3. The van der Waals surface area contributed by atoms with E-state index in [4.69, 9.17) is 9.47 Å². The molecular formula is C11H18N2O2. The quantitative estimate of drug-likeness (QED) is 0.765. The van der Waals surface area contributed by atoms with Gasteiger partial charge < -0.3 is 9.47 Å². The van der Waals surface area contributed by atoms with E-state index in [1.165, 1.54) is 0 Å². The highest BCUT2D eigenvalue weighted by Gasteiger charge is 2.16. The molecule has 0 atom stereocenters. The molecule has 2 heterocycles. The van der Waals surface area contributed by atoms with Crippen LogP contribution in [-0.2, 0) is 4.74 Å². The first-order valence-electron chi connectivity index (χ1n) is 5.54. The number of aromatic nitrogens is 2. The molecule has 0 spiro atoms. The fraction of sp³-hybridized carbons (Fsp3) is 0.727. The summed E-state index contributed by atoms with van der Waals surface area (Å²) in [6.45, 7) is 5.82. The van der Waals surface area contributed by atoms with Crippen LogP contribution in [0.4, 0.5) is 0 Å². The van der Waals surface area contributed by atoms with Crippen molar-refractivity contribution in [1.82, 2.24) is 9.78 Å². The van der Waals surface area contributed by atoms with Crippen LogP contribution in [0.2, 0.25) is 0 Å². The highest BCUT2D eigenvalue weighted by Crippen LogP contribution is 2.18. The van der Waals surface area contributed by atoms with Gasteiger partial charge in [0, 0.05) is 18.9 Å². The third-order valence-electron chi connectivity index (χ3n) is 2.58. The summed E-state index contributed by atoms with van der Waals surface area (Å²) >= 11 is 0. The van der Waals surface area contributed by atoms with Crippen LogP contribution >= 0.6 is 0 Å². The summed E-state index contributed by atoms with van der Waals surface area (Å²) in [6, 6.07) is 0.386. The summed E-state index contributed by atoms with van der Waals surface area (Å²) in [5, 5.41) is 4.24. The molecule has 1 aromatic heterocycles. The van der Waals surface area contributed by atoms with Crippen LogP contribution in [0.3, 0.4) is 0 Å². The van der Waals surface area contributed by atoms with Gasteiger partial charge in [0.05, 0.1) is 25.6 Å². The first-order chi connectivity index (χ1) is 7.25. The van der Waals surface area contributed by atoms with E-state index in [-0.39, 0.29) is 0 Å². The summed E-state index contributed by atoms with van der Waals surface area (Å²) in [5.74, 6) is 0.871. The number of hydrogen-bond donors (Lipinski definition) is 0. The maximum absolute atomic E-state index is 5.82. The van der Waals surface area contributed by atoms with Gasteiger partial charge in [0.15, 0.2) is 5.75 Å². The molecule has 84 valence electrons. The van der Waals surface area contributed by atoms with Crippen LogP contribution < -0.4 is 4.74 Å². The Balaban J connectivity index is 1.91. The number of ether oxygens (including phenoxy) is 2. The summed E-state index contributed by atoms with van der Waals surface area (Å²) in [4.78, 5) is 0. The van der Waals surface area contributed by atoms with E-state index in [1.807, 2.05) is 10.9 Å². The largest absolute Gasteiger partial charge is 0.487 e. The number of rotatable bonds is 3. The maximum Gasteiger partial charge on any atom is 0.157 e. The van der Waals surface area contributed by atoms with E-state index in [0.29, 0.717) is 12.1 Å². The van der Waals surface area contributed by atoms with E-state index in [1.54, 1.807) is 6.20 Å². The first-order valence-corrected chi connectivity index (χ1v) is 5.54. The third-order valence-corrected chi connectivity index (χ3v) is 2.58. The monoisotopic (exact) mass is 210 g/mol. The van der Waals surface area contributed by atoms with E-state index in [0.717, 1.165) is 31.8 Å². The van der Waals surface area contributed by atoms with Crippen molar-refractivity contribution < 1.29 is 9.47 Å². The average Bonchev–Trinajstić information content (AvgIpc) is 2.68.